The fraction of sp³-hybridized carbons (Fsp3) is 1.00. The van der Waals surface area contributed by atoms with Crippen LogP contribution in [0.2, 0.25) is 0 Å². The predicted molar refractivity (Wildman–Crippen MR) is 64.6 cm³/mol. The van der Waals surface area contributed by atoms with Crippen molar-refractivity contribution in [3.63, 3.8) is 0 Å². The van der Waals surface area contributed by atoms with Crippen LogP contribution < -0.4 is 5.32 Å². The average molecular weight is 227 g/mol. The normalized spacial score (nSPS) is 30.9. The van der Waals surface area contributed by atoms with E-state index in [-0.39, 0.29) is 5.60 Å². The van der Waals surface area contributed by atoms with E-state index in [1.54, 1.807) is 0 Å². The molecule has 2 unspecified atom stereocenters. The van der Waals surface area contributed by atoms with Gasteiger partial charge in [0.15, 0.2) is 0 Å². The van der Waals surface area contributed by atoms with Crippen molar-refractivity contribution in [2.75, 3.05) is 19.8 Å². The smallest absolute Gasteiger partial charge is 0.0756 e. The minimum Gasteiger partial charge on any atom is -0.376 e. The lowest BCUT2D eigenvalue weighted by Crippen LogP contribution is -2.40. The first-order valence-electron chi connectivity index (χ1n) is 6.55. The number of ether oxygens (including phenoxy) is 2. The second-order valence-corrected chi connectivity index (χ2v) is 5.98. The van der Waals surface area contributed by atoms with Gasteiger partial charge in [0.05, 0.1) is 18.3 Å². The molecule has 2 fully saturated rings. The van der Waals surface area contributed by atoms with Gasteiger partial charge < -0.3 is 14.8 Å². The van der Waals surface area contributed by atoms with Crippen molar-refractivity contribution in [2.24, 2.45) is 5.92 Å². The van der Waals surface area contributed by atoms with Gasteiger partial charge in [-0.15, -0.1) is 0 Å². The van der Waals surface area contributed by atoms with Gasteiger partial charge in [0.2, 0.25) is 0 Å². The molecule has 0 aromatic carbocycles. The van der Waals surface area contributed by atoms with E-state index in [1.165, 1.54) is 12.8 Å². The Morgan fingerprint density at radius 2 is 2.00 bits per heavy atom. The fourth-order valence-electron chi connectivity index (χ4n) is 2.32. The van der Waals surface area contributed by atoms with Crippen LogP contribution in [0.4, 0.5) is 0 Å². The molecule has 1 N–H and O–H groups in total. The molecule has 3 nitrogen and oxygen atoms in total. The first-order chi connectivity index (χ1) is 7.56. The van der Waals surface area contributed by atoms with Crippen molar-refractivity contribution < 1.29 is 9.47 Å². The Morgan fingerprint density at radius 3 is 2.62 bits per heavy atom. The van der Waals surface area contributed by atoms with Crippen molar-refractivity contribution in [3.05, 3.63) is 0 Å². The van der Waals surface area contributed by atoms with E-state index < -0.39 is 0 Å². The van der Waals surface area contributed by atoms with Crippen LogP contribution in [0.1, 0.15) is 40.0 Å². The maximum atomic E-state index is 5.78. The van der Waals surface area contributed by atoms with E-state index in [4.69, 9.17) is 9.47 Å². The van der Waals surface area contributed by atoms with Gasteiger partial charge in [-0.05, 0) is 46.0 Å². The van der Waals surface area contributed by atoms with Crippen LogP contribution in [-0.2, 0) is 9.47 Å². The number of nitrogens with one attached hydrogen (secondary N) is 1. The minimum absolute atomic E-state index is 0.0241. The van der Waals surface area contributed by atoms with Crippen molar-refractivity contribution in [1.82, 2.24) is 5.32 Å². The predicted octanol–water partition coefficient (Wildman–Crippen LogP) is 1.96. The molecule has 3 heteroatoms. The molecule has 0 amide bonds. The van der Waals surface area contributed by atoms with Crippen LogP contribution in [0.5, 0.6) is 0 Å². The summed E-state index contributed by atoms with van der Waals surface area (Å²) in [5.74, 6) is 0.837. The first-order valence-corrected chi connectivity index (χ1v) is 6.55. The van der Waals surface area contributed by atoms with E-state index in [2.05, 4.69) is 26.1 Å². The molecule has 0 bridgehead atoms. The molecule has 2 atom stereocenters. The van der Waals surface area contributed by atoms with Crippen molar-refractivity contribution in [3.8, 4) is 0 Å². The average Bonchev–Trinajstić information content (AvgIpc) is 2.92. The van der Waals surface area contributed by atoms with Crippen molar-refractivity contribution in [1.29, 1.82) is 0 Å². The largest absolute Gasteiger partial charge is 0.376 e. The van der Waals surface area contributed by atoms with Gasteiger partial charge in [0.25, 0.3) is 0 Å². The molecule has 0 aromatic rings. The topological polar surface area (TPSA) is 30.5 Å². The second-order valence-electron chi connectivity index (χ2n) is 5.98. The van der Waals surface area contributed by atoms with Gasteiger partial charge in [0, 0.05) is 19.2 Å². The Morgan fingerprint density at radius 1 is 1.25 bits per heavy atom. The summed E-state index contributed by atoms with van der Waals surface area (Å²) in [6.45, 7) is 8.95. The molecule has 1 saturated carbocycles. The Hall–Kier alpha value is -0.120. The molecule has 0 spiro atoms. The van der Waals surface area contributed by atoms with Crippen LogP contribution in [0, 0.1) is 5.92 Å². The van der Waals surface area contributed by atoms with Gasteiger partial charge >= 0.3 is 0 Å². The lowest BCUT2D eigenvalue weighted by molar-refractivity contribution is -0.00300. The van der Waals surface area contributed by atoms with E-state index in [9.17, 15) is 0 Å². The highest BCUT2D eigenvalue weighted by Crippen LogP contribution is 2.38. The lowest BCUT2D eigenvalue weighted by atomic mass is 10.1. The van der Waals surface area contributed by atoms with Gasteiger partial charge in [-0.3, -0.25) is 0 Å². The summed E-state index contributed by atoms with van der Waals surface area (Å²) in [6, 6.07) is 0.566. The van der Waals surface area contributed by atoms with Gasteiger partial charge in [-0.1, -0.05) is 0 Å². The summed E-state index contributed by atoms with van der Waals surface area (Å²) in [6.07, 6.45) is 4.37. The molecule has 94 valence electrons. The van der Waals surface area contributed by atoms with Crippen LogP contribution in [-0.4, -0.2) is 37.5 Å². The number of hydrogen-bond donors (Lipinski definition) is 1. The van der Waals surface area contributed by atoms with E-state index >= 15 is 0 Å². The van der Waals surface area contributed by atoms with Crippen molar-refractivity contribution in [2.45, 2.75) is 57.8 Å². The summed E-state index contributed by atoms with van der Waals surface area (Å²) in [4.78, 5) is 0. The van der Waals surface area contributed by atoms with E-state index in [0.29, 0.717) is 12.1 Å². The Labute approximate surface area is 98.9 Å². The zero-order valence-electron chi connectivity index (χ0n) is 10.8. The molecule has 2 aliphatic rings. The highest BCUT2D eigenvalue weighted by atomic mass is 16.5. The highest BCUT2D eigenvalue weighted by molar-refractivity contribution is 4.93. The zero-order valence-corrected chi connectivity index (χ0v) is 10.8. The summed E-state index contributed by atoms with van der Waals surface area (Å²) in [5.41, 5.74) is -0.0241. The summed E-state index contributed by atoms with van der Waals surface area (Å²) < 4.78 is 11.5. The molecule has 1 aliphatic carbocycles. The first kappa shape index (κ1) is 12.3. The minimum atomic E-state index is -0.0241. The Balaban J connectivity index is 1.62. The standard InChI is InChI=1S/C13H25NO2/c1-13(2,3)16-9-7-14-11-6-8-15-12(11)10-4-5-10/h10-12,14H,4-9H2,1-3H3. The number of rotatable bonds is 5. The zero-order chi connectivity index (χ0) is 11.6. The van der Waals surface area contributed by atoms with E-state index in [1.807, 2.05) is 0 Å². The van der Waals surface area contributed by atoms with Crippen LogP contribution >= 0.6 is 0 Å². The maximum absolute atomic E-state index is 5.78. The van der Waals surface area contributed by atoms with Crippen LogP contribution in [0.3, 0.4) is 0 Å². The summed E-state index contributed by atoms with van der Waals surface area (Å²) in [7, 11) is 0. The molecular weight excluding hydrogens is 202 g/mol. The van der Waals surface area contributed by atoms with E-state index in [0.717, 1.165) is 32.1 Å². The molecule has 1 aliphatic heterocycles. The third-order valence-electron chi connectivity index (χ3n) is 3.27. The third kappa shape index (κ3) is 3.72. The molecule has 1 heterocycles. The molecule has 0 radical (unpaired) electrons. The lowest BCUT2D eigenvalue weighted by Gasteiger charge is -2.22. The number of hydrogen-bond acceptors (Lipinski definition) is 3. The quantitative estimate of drug-likeness (QED) is 0.728. The SMILES string of the molecule is CC(C)(C)OCCNC1CCOC1C1CC1. The van der Waals surface area contributed by atoms with Gasteiger partial charge in [-0.2, -0.15) is 0 Å². The Kier molecular flexibility index (Phi) is 3.88. The molecular formula is C13H25NO2. The summed E-state index contributed by atoms with van der Waals surface area (Å²) in [5, 5.41) is 3.58. The van der Waals surface area contributed by atoms with Crippen molar-refractivity contribution >= 4 is 0 Å². The maximum Gasteiger partial charge on any atom is 0.0756 e. The molecule has 0 aromatic heterocycles. The van der Waals surface area contributed by atoms with Gasteiger partial charge in [-0.25, -0.2) is 0 Å². The Bertz CT molecular complexity index is 220. The van der Waals surface area contributed by atoms with Gasteiger partial charge in [0.1, 0.15) is 0 Å². The third-order valence-corrected chi connectivity index (χ3v) is 3.27. The second kappa shape index (κ2) is 5.03. The van der Waals surface area contributed by atoms with Crippen LogP contribution in [0.25, 0.3) is 0 Å². The fourth-order valence-corrected chi connectivity index (χ4v) is 2.32. The monoisotopic (exact) mass is 227 g/mol. The molecule has 2 rings (SSSR count). The highest BCUT2D eigenvalue weighted by Gasteiger charge is 2.40. The summed E-state index contributed by atoms with van der Waals surface area (Å²) >= 11 is 0. The molecule has 1 saturated heterocycles. The van der Waals surface area contributed by atoms with Crippen LogP contribution in [0.15, 0.2) is 0 Å². The molecule has 16 heavy (non-hydrogen) atoms.